The predicted octanol–water partition coefficient (Wildman–Crippen LogP) is 3.88. The summed E-state index contributed by atoms with van der Waals surface area (Å²) >= 11 is 0. The van der Waals surface area contributed by atoms with Crippen LogP contribution in [0.2, 0.25) is 0 Å². The van der Waals surface area contributed by atoms with Crippen LogP contribution >= 0.6 is 0 Å². The number of imidazole rings is 1. The molecule has 1 aromatic heterocycles. The lowest BCUT2D eigenvalue weighted by Crippen LogP contribution is -2.41. The van der Waals surface area contributed by atoms with Crippen LogP contribution in [0.25, 0.3) is 11.4 Å². The first-order chi connectivity index (χ1) is 11.7. The van der Waals surface area contributed by atoms with Crippen molar-refractivity contribution in [3.05, 3.63) is 36.7 Å². The Labute approximate surface area is 142 Å². The molecule has 1 aliphatic carbocycles. The zero-order valence-corrected chi connectivity index (χ0v) is 14.1. The lowest BCUT2D eigenvalue weighted by Gasteiger charge is -2.31. The Morgan fingerprint density at radius 3 is 2.96 bits per heavy atom. The minimum atomic E-state index is 0.0430. The van der Waals surface area contributed by atoms with E-state index in [1.807, 2.05) is 42.1 Å². The van der Waals surface area contributed by atoms with Crippen LogP contribution in [0.3, 0.4) is 0 Å². The molecule has 5 heteroatoms. The Kier molecular flexibility index (Phi) is 4.00. The van der Waals surface area contributed by atoms with Gasteiger partial charge in [0.1, 0.15) is 5.82 Å². The Morgan fingerprint density at radius 2 is 2.12 bits per heavy atom. The van der Waals surface area contributed by atoms with Crippen LogP contribution in [0.1, 0.15) is 32.1 Å². The number of urea groups is 1. The Hall–Kier alpha value is -2.30. The van der Waals surface area contributed by atoms with Crippen molar-refractivity contribution in [2.45, 2.75) is 38.1 Å². The van der Waals surface area contributed by atoms with Crippen LogP contribution in [0.5, 0.6) is 0 Å². The molecule has 0 unspecified atom stereocenters. The number of carbonyl (C=O) groups excluding carboxylic acids is 1. The molecule has 2 aliphatic rings. The molecule has 0 spiro atoms. The molecule has 2 heterocycles. The zero-order valence-electron chi connectivity index (χ0n) is 14.1. The van der Waals surface area contributed by atoms with Crippen molar-refractivity contribution in [1.82, 2.24) is 14.5 Å². The van der Waals surface area contributed by atoms with E-state index < -0.39 is 0 Å². The first-order valence-corrected chi connectivity index (χ1v) is 8.88. The number of aryl methyl sites for hydroxylation is 1. The first kappa shape index (κ1) is 15.2. The van der Waals surface area contributed by atoms with Crippen LogP contribution in [0, 0.1) is 5.92 Å². The SMILES string of the molecule is Cn1ccnc1-c1cccc(NC(=O)N2CC[C@H]3CCCC[C@H]32)c1. The van der Waals surface area contributed by atoms with Crippen LogP contribution in [0.15, 0.2) is 36.7 Å². The minimum Gasteiger partial charge on any atom is -0.334 e. The summed E-state index contributed by atoms with van der Waals surface area (Å²) in [5, 5.41) is 3.09. The van der Waals surface area contributed by atoms with Crippen LogP contribution < -0.4 is 5.32 Å². The highest BCUT2D eigenvalue weighted by Crippen LogP contribution is 2.36. The standard InChI is InChI=1S/C19H24N4O/c1-22-12-10-20-18(22)15-6-4-7-16(13-15)21-19(24)23-11-9-14-5-2-3-8-17(14)23/h4,6-7,10,12-14,17H,2-3,5,8-9,11H2,1H3,(H,21,24)/t14-,17-/m1/s1. The van der Waals surface area contributed by atoms with E-state index in [1.54, 1.807) is 6.20 Å². The fourth-order valence-corrected chi connectivity index (χ4v) is 4.23. The van der Waals surface area contributed by atoms with Crippen molar-refractivity contribution in [2.24, 2.45) is 13.0 Å². The molecule has 2 amide bonds. The quantitative estimate of drug-likeness (QED) is 0.911. The number of amides is 2. The summed E-state index contributed by atoms with van der Waals surface area (Å²) < 4.78 is 1.98. The predicted molar refractivity (Wildman–Crippen MR) is 94.7 cm³/mol. The van der Waals surface area contributed by atoms with E-state index in [0.717, 1.165) is 36.5 Å². The molecule has 4 rings (SSSR count). The number of likely N-dealkylation sites (tertiary alicyclic amines) is 1. The van der Waals surface area contributed by atoms with Crippen molar-refractivity contribution >= 4 is 11.7 Å². The van der Waals surface area contributed by atoms with E-state index in [2.05, 4.69) is 15.2 Å². The largest absolute Gasteiger partial charge is 0.334 e. The highest BCUT2D eigenvalue weighted by atomic mass is 16.2. The van der Waals surface area contributed by atoms with Crippen molar-refractivity contribution in [3.8, 4) is 11.4 Å². The molecule has 2 atom stereocenters. The molecule has 24 heavy (non-hydrogen) atoms. The van der Waals surface area contributed by atoms with Crippen molar-refractivity contribution < 1.29 is 4.79 Å². The molecular weight excluding hydrogens is 300 g/mol. The zero-order chi connectivity index (χ0) is 16.5. The number of anilines is 1. The molecule has 0 radical (unpaired) electrons. The van der Waals surface area contributed by atoms with Gasteiger partial charge < -0.3 is 14.8 Å². The smallest absolute Gasteiger partial charge is 0.322 e. The van der Waals surface area contributed by atoms with Crippen molar-refractivity contribution in [1.29, 1.82) is 0 Å². The molecule has 1 saturated heterocycles. The first-order valence-electron chi connectivity index (χ1n) is 8.88. The van der Waals surface area contributed by atoms with Gasteiger partial charge in [-0.2, -0.15) is 0 Å². The number of fused-ring (bicyclic) bond motifs is 1. The highest BCUT2D eigenvalue weighted by Gasteiger charge is 2.38. The Morgan fingerprint density at radius 1 is 1.25 bits per heavy atom. The normalized spacial score (nSPS) is 23.1. The summed E-state index contributed by atoms with van der Waals surface area (Å²) in [5.74, 6) is 1.61. The summed E-state index contributed by atoms with van der Waals surface area (Å²) in [6.45, 7) is 0.889. The molecule has 126 valence electrons. The molecule has 2 fully saturated rings. The summed E-state index contributed by atoms with van der Waals surface area (Å²) in [6.07, 6.45) is 9.88. The second-order valence-corrected chi connectivity index (χ2v) is 6.97. The number of benzene rings is 1. The van der Waals surface area contributed by atoms with E-state index in [0.29, 0.717) is 12.0 Å². The maximum Gasteiger partial charge on any atom is 0.322 e. The molecule has 1 aromatic carbocycles. The van der Waals surface area contributed by atoms with E-state index in [9.17, 15) is 4.79 Å². The number of rotatable bonds is 2. The van der Waals surface area contributed by atoms with Crippen molar-refractivity contribution in [3.63, 3.8) is 0 Å². The third-order valence-electron chi connectivity index (χ3n) is 5.46. The molecule has 1 aliphatic heterocycles. The fraction of sp³-hybridized carbons (Fsp3) is 0.474. The van der Waals surface area contributed by atoms with Gasteiger partial charge in [-0.05, 0) is 37.3 Å². The van der Waals surface area contributed by atoms with Gasteiger partial charge in [0, 0.05) is 43.3 Å². The lowest BCUT2D eigenvalue weighted by molar-refractivity contribution is 0.182. The topological polar surface area (TPSA) is 50.2 Å². The van der Waals surface area contributed by atoms with E-state index >= 15 is 0 Å². The van der Waals surface area contributed by atoms with Crippen LogP contribution in [-0.4, -0.2) is 33.1 Å². The molecule has 1 saturated carbocycles. The monoisotopic (exact) mass is 324 g/mol. The fourth-order valence-electron chi connectivity index (χ4n) is 4.23. The van der Waals surface area contributed by atoms with E-state index in [4.69, 9.17) is 0 Å². The Bertz CT molecular complexity index is 738. The van der Waals surface area contributed by atoms with Gasteiger partial charge in [-0.1, -0.05) is 25.0 Å². The van der Waals surface area contributed by atoms with Crippen LogP contribution in [-0.2, 0) is 7.05 Å². The number of nitrogens with one attached hydrogen (secondary N) is 1. The highest BCUT2D eigenvalue weighted by molar-refractivity contribution is 5.90. The lowest BCUT2D eigenvalue weighted by atomic mass is 9.85. The van der Waals surface area contributed by atoms with Crippen molar-refractivity contribution in [2.75, 3.05) is 11.9 Å². The second kappa shape index (κ2) is 6.30. The summed E-state index contributed by atoms with van der Waals surface area (Å²) in [4.78, 5) is 19.2. The molecular formula is C19H24N4O. The van der Waals surface area contributed by atoms with Gasteiger partial charge in [0.05, 0.1) is 0 Å². The molecule has 0 bridgehead atoms. The number of hydrogen-bond acceptors (Lipinski definition) is 2. The number of nitrogens with zero attached hydrogens (tertiary/aromatic N) is 3. The number of hydrogen-bond donors (Lipinski definition) is 1. The molecule has 2 aromatic rings. The van der Waals surface area contributed by atoms with Gasteiger partial charge >= 0.3 is 6.03 Å². The van der Waals surface area contributed by atoms with Gasteiger partial charge in [-0.25, -0.2) is 9.78 Å². The Balaban J connectivity index is 1.49. The molecule has 1 N–H and O–H groups in total. The average molecular weight is 324 g/mol. The molecule has 5 nitrogen and oxygen atoms in total. The summed E-state index contributed by atoms with van der Waals surface area (Å²) in [7, 11) is 1.97. The van der Waals surface area contributed by atoms with Gasteiger partial charge in [0.25, 0.3) is 0 Å². The minimum absolute atomic E-state index is 0.0430. The van der Waals surface area contributed by atoms with Gasteiger partial charge in [-0.3, -0.25) is 0 Å². The summed E-state index contributed by atoms with van der Waals surface area (Å²) in [5.41, 5.74) is 1.84. The van der Waals surface area contributed by atoms with E-state index in [1.165, 1.54) is 19.3 Å². The second-order valence-electron chi connectivity index (χ2n) is 6.97. The third-order valence-corrected chi connectivity index (χ3v) is 5.46. The van der Waals surface area contributed by atoms with Crippen LogP contribution in [0.4, 0.5) is 10.5 Å². The maximum atomic E-state index is 12.7. The van der Waals surface area contributed by atoms with Gasteiger partial charge in [0.15, 0.2) is 0 Å². The van der Waals surface area contributed by atoms with E-state index in [-0.39, 0.29) is 6.03 Å². The van der Waals surface area contributed by atoms with Gasteiger partial charge in [0.2, 0.25) is 0 Å². The maximum absolute atomic E-state index is 12.7. The summed E-state index contributed by atoms with van der Waals surface area (Å²) in [6, 6.07) is 8.41. The third kappa shape index (κ3) is 2.79. The van der Waals surface area contributed by atoms with Gasteiger partial charge in [-0.15, -0.1) is 0 Å². The average Bonchev–Trinajstić information content (AvgIpc) is 3.21. The number of aromatic nitrogens is 2. The number of carbonyl (C=O) groups is 1.